The molecule has 18 heavy (non-hydrogen) atoms. The largest absolute Gasteiger partial charge is 0.444 e. The summed E-state index contributed by atoms with van der Waals surface area (Å²) in [5.41, 5.74) is 5.10. The highest BCUT2D eigenvalue weighted by Gasteiger charge is 2.51. The van der Waals surface area contributed by atoms with Gasteiger partial charge in [-0.1, -0.05) is 0 Å². The molecule has 0 saturated carbocycles. The van der Waals surface area contributed by atoms with Crippen LogP contribution in [0, 0.1) is 5.41 Å². The molecule has 0 aromatic heterocycles. The molecule has 3 N–H and O–H groups in total. The van der Waals surface area contributed by atoms with Gasteiger partial charge in [0.25, 0.3) is 0 Å². The van der Waals surface area contributed by atoms with Gasteiger partial charge in [0.05, 0.1) is 6.04 Å². The highest BCUT2D eigenvalue weighted by Crippen LogP contribution is 2.36. The molecule has 2 aliphatic rings. The number of nitrogens with two attached hydrogens (primary N) is 1. The summed E-state index contributed by atoms with van der Waals surface area (Å²) in [5.74, 6) is -0.124. The molecule has 2 rings (SSSR count). The number of nitrogens with one attached hydrogen (secondary N) is 1. The molecule has 2 aliphatic heterocycles. The van der Waals surface area contributed by atoms with Gasteiger partial charge in [0, 0.05) is 25.0 Å². The van der Waals surface area contributed by atoms with Crippen molar-refractivity contribution in [2.75, 3.05) is 19.6 Å². The minimum absolute atomic E-state index is 0.124. The first-order valence-corrected chi connectivity index (χ1v) is 6.25. The van der Waals surface area contributed by atoms with Gasteiger partial charge in [0.15, 0.2) is 0 Å². The van der Waals surface area contributed by atoms with E-state index < -0.39 is 11.6 Å². The maximum Gasteiger partial charge on any atom is 0.410 e. The van der Waals surface area contributed by atoms with Crippen molar-refractivity contribution in [3.8, 4) is 0 Å². The summed E-state index contributed by atoms with van der Waals surface area (Å²) in [5, 5.41) is 2.77. The second kappa shape index (κ2) is 4.12. The van der Waals surface area contributed by atoms with E-state index in [-0.39, 0.29) is 17.4 Å². The van der Waals surface area contributed by atoms with Gasteiger partial charge < -0.3 is 20.7 Å². The number of hydrogen-bond acceptors (Lipinski definition) is 4. The van der Waals surface area contributed by atoms with Gasteiger partial charge >= 0.3 is 6.09 Å². The number of hydrogen-bond donors (Lipinski definition) is 2. The Balaban J connectivity index is 2.01. The molecule has 2 fully saturated rings. The highest BCUT2D eigenvalue weighted by molar-refractivity contribution is 5.85. The predicted molar refractivity (Wildman–Crippen MR) is 65.8 cm³/mol. The van der Waals surface area contributed by atoms with E-state index in [0.29, 0.717) is 19.6 Å². The fraction of sp³-hybridized carbons (Fsp3) is 0.833. The van der Waals surface area contributed by atoms with Crippen LogP contribution in [-0.4, -0.2) is 48.2 Å². The topological polar surface area (TPSA) is 84.7 Å². The van der Waals surface area contributed by atoms with Crippen LogP contribution in [-0.2, 0) is 9.53 Å². The maximum atomic E-state index is 11.9. The van der Waals surface area contributed by atoms with E-state index in [4.69, 9.17) is 10.5 Å². The van der Waals surface area contributed by atoms with E-state index in [0.717, 1.165) is 6.42 Å². The minimum atomic E-state index is -0.523. The van der Waals surface area contributed by atoms with Crippen LogP contribution in [0.4, 0.5) is 4.79 Å². The molecule has 2 amide bonds. The van der Waals surface area contributed by atoms with E-state index in [1.165, 1.54) is 0 Å². The Morgan fingerprint density at radius 2 is 2.22 bits per heavy atom. The predicted octanol–water partition coefficient (Wildman–Crippen LogP) is 0.0707. The molecular formula is C12H21N3O3. The van der Waals surface area contributed by atoms with Crippen LogP contribution in [0.3, 0.4) is 0 Å². The van der Waals surface area contributed by atoms with Crippen LogP contribution in [0.2, 0.25) is 0 Å². The fourth-order valence-electron chi connectivity index (χ4n) is 2.54. The normalized spacial score (nSPS) is 31.9. The van der Waals surface area contributed by atoms with Gasteiger partial charge in [-0.15, -0.1) is 0 Å². The van der Waals surface area contributed by atoms with Crippen molar-refractivity contribution in [1.82, 2.24) is 10.2 Å². The van der Waals surface area contributed by atoms with E-state index >= 15 is 0 Å². The quantitative estimate of drug-likeness (QED) is 0.641. The molecule has 1 spiro atoms. The zero-order chi connectivity index (χ0) is 13.6. The summed E-state index contributed by atoms with van der Waals surface area (Å²) in [7, 11) is 0. The van der Waals surface area contributed by atoms with Gasteiger partial charge in [0.1, 0.15) is 5.60 Å². The van der Waals surface area contributed by atoms with Crippen LogP contribution < -0.4 is 11.1 Å². The Hall–Kier alpha value is -1.30. The third-order valence-corrected chi connectivity index (χ3v) is 3.59. The molecule has 0 radical (unpaired) electrons. The van der Waals surface area contributed by atoms with Crippen molar-refractivity contribution >= 4 is 12.0 Å². The first kappa shape index (κ1) is 13.1. The van der Waals surface area contributed by atoms with E-state index in [1.54, 1.807) is 4.90 Å². The summed E-state index contributed by atoms with van der Waals surface area (Å²) < 4.78 is 5.33. The Morgan fingerprint density at radius 3 is 2.72 bits per heavy atom. The molecule has 0 aliphatic carbocycles. The van der Waals surface area contributed by atoms with E-state index in [9.17, 15) is 9.59 Å². The van der Waals surface area contributed by atoms with Gasteiger partial charge in [-0.2, -0.15) is 0 Å². The lowest BCUT2D eigenvalue weighted by atomic mass is 9.82. The zero-order valence-corrected chi connectivity index (χ0v) is 11.2. The van der Waals surface area contributed by atoms with Crippen LogP contribution in [0.15, 0.2) is 0 Å². The molecule has 2 atom stereocenters. The molecule has 0 aromatic carbocycles. The lowest BCUT2D eigenvalue weighted by Crippen LogP contribution is -2.45. The first-order chi connectivity index (χ1) is 8.23. The molecule has 2 saturated heterocycles. The van der Waals surface area contributed by atoms with Crippen molar-refractivity contribution in [2.24, 2.45) is 11.1 Å². The lowest BCUT2D eigenvalue weighted by molar-refractivity contribution is -0.121. The second-order valence-corrected chi connectivity index (χ2v) is 6.21. The van der Waals surface area contributed by atoms with Crippen molar-refractivity contribution in [2.45, 2.75) is 38.8 Å². The monoisotopic (exact) mass is 255 g/mol. The molecule has 0 unspecified atom stereocenters. The third kappa shape index (κ3) is 2.29. The molecule has 102 valence electrons. The molecule has 2 heterocycles. The number of rotatable bonds is 0. The summed E-state index contributed by atoms with van der Waals surface area (Å²) >= 11 is 0. The Labute approximate surface area is 107 Å². The Kier molecular flexibility index (Phi) is 3.01. The average molecular weight is 255 g/mol. The van der Waals surface area contributed by atoms with E-state index in [2.05, 4.69) is 5.32 Å². The third-order valence-electron chi connectivity index (χ3n) is 3.59. The van der Waals surface area contributed by atoms with Crippen LogP contribution in [0.5, 0.6) is 0 Å². The maximum absolute atomic E-state index is 11.9. The van der Waals surface area contributed by atoms with Gasteiger partial charge in [0.2, 0.25) is 5.91 Å². The minimum Gasteiger partial charge on any atom is -0.444 e. The second-order valence-electron chi connectivity index (χ2n) is 6.21. The van der Waals surface area contributed by atoms with Crippen LogP contribution >= 0.6 is 0 Å². The Bertz CT molecular complexity index is 377. The molecule has 6 nitrogen and oxygen atoms in total. The van der Waals surface area contributed by atoms with Gasteiger partial charge in [-0.25, -0.2) is 4.79 Å². The number of amides is 2. The summed E-state index contributed by atoms with van der Waals surface area (Å²) in [6.07, 6.45) is 0.414. The SMILES string of the molecule is CC(C)(C)OC(=O)N1CC[C@@]2(CNC(=O)[C@@H]2N)C1. The van der Waals surface area contributed by atoms with Gasteiger partial charge in [-0.05, 0) is 27.2 Å². The summed E-state index contributed by atoms with van der Waals surface area (Å²) in [4.78, 5) is 25.1. The fourth-order valence-corrected chi connectivity index (χ4v) is 2.54. The zero-order valence-electron chi connectivity index (χ0n) is 11.2. The van der Waals surface area contributed by atoms with Gasteiger partial charge in [-0.3, -0.25) is 4.79 Å². The lowest BCUT2D eigenvalue weighted by Gasteiger charge is -2.27. The smallest absolute Gasteiger partial charge is 0.410 e. The van der Waals surface area contributed by atoms with Crippen molar-refractivity contribution in [3.63, 3.8) is 0 Å². The van der Waals surface area contributed by atoms with Crippen molar-refractivity contribution in [3.05, 3.63) is 0 Å². The van der Waals surface area contributed by atoms with Crippen molar-refractivity contribution < 1.29 is 14.3 Å². The average Bonchev–Trinajstić information content (AvgIpc) is 2.78. The van der Waals surface area contributed by atoms with E-state index in [1.807, 2.05) is 20.8 Å². The standard InChI is InChI=1S/C12H21N3O3/c1-11(2,3)18-10(17)15-5-4-12(7-15)6-14-9(16)8(12)13/h8H,4-7,13H2,1-3H3,(H,14,16)/t8-,12+/m0/s1. The Morgan fingerprint density at radius 1 is 1.56 bits per heavy atom. The van der Waals surface area contributed by atoms with Crippen molar-refractivity contribution in [1.29, 1.82) is 0 Å². The number of ether oxygens (including phenoxy) is 1. The van der Waals surface area contributed by atoms with Crippen LogP contribution in [0.25, 0.3) is 0 Å². The molecule has 0 aromatic rings. The van der Waals surface area contributed by atoms with Crippen LogP contribution in [0.1, 0.15) is 27.2 Å². The number of carbonyl (C=O) groups is 2. The number of likely N-dealkylation sites (tertiary alicyclic amines) is 1. The highest BCUT2D eigenvalue weighted by atomic mass is 16.6. The summed E-state index contributed by atoms with van der Waals surface area (Å²) in [6.45, 7) is 7.14. The number of nitrogens with zero attached hydrogens (tertiary/aromatic N) is 1. The first-order valence-electron chi connectivity index (χ1n) is 6.25. The molecule has 0 bridgehead atoms. The molecule has 6 heteroatoms. The number of carbonyl (C=O) groups excluding carboxylic acids is 2. The molecular weight excluding hydrogens is 234 g/mol. The summed E-state index contributed by atoms with van der Waals surface area (Å²) in [6, 6.07) is -0.523.